The van der Waals surface area contributed by atoms with Gasteiger partial charge in [-0.25, -0.2) is 0 Å². The van der Waals surface area contributed by atoms with E-state index < -0.39 is 0 Å². The average Bonchev–Trinajstić information content (AvgIpc) is 2.78. The second-order valence-electron chi connectivity index (χ2n) is 3.97. The van der Waals surface area contributed by atoms with Crippen LogP contribution in [0.5, 0.6) is 0 Å². The number of aromatic nitrogens is 2. The first-order valence-corrected chi connectivity index (χ1v) is 5.25. The average molecular weight is 212 g/mol. The molecule has 0 saturated heterocycles. The number of aryl methyl sites for hydroxylation is 2. The number of rotatable bonds is 1. The fourth-order valence-corrected chi connectivity index (χ4v) is 1.94. The van der Waals surface area contributed by atoms with Gasteiger partial charge in [0.15, 0.2) is 0 Å². The number of hydrogen-bond donors (Lipinski definition) is 0. The van der Waals surface area contributed by atoms with Crippen molar-refractivity contribution >= 4 is 5.71 Å². The van der Waals surface area contributed by atoms with Gasteiger partial charge in [-0.05, 0) is 19.4 Å². The maximum atomic E-state index is 5.48. The van der Waals surface area contributed by atoms with Crippen LogP contribution in [0, 0.1) is 13.8 Å². The van der Waals surface area contributed by atoms with Crippen molar-refractivity contribution in [3.8, 4) is 11.3 Å². The van der Waals surface area contributed by atoms with E-state index in [0.29, 0.717) is 0 Å². The van der Waals surface area contributed by atoms with Crippen LogP contribution in [0.25, 0.3) is 17.0 Å². The lowest BCUT2D eigenvalue weighted by molar-refractivity contribution is 0.606. The van der Waals surface area contributed by atoms with Gasteiger partial charge in [0, 0.05) is 11.6 Å². The van der Waals surface area contributed by atoms with Crippen LogP contribution in [0.4, 0.5) is 0 Å². The molecule has 0 bridgehead atoms. The van der Waals surface area contributed by atoms with Gasteiger partial charge in [-0.15, -0.1) is 0 Å². The Hall–Kier alpha value is -2.03. The summed E-state index contributed by atoms with van der Waals surface area (Å²) in [5.74, 6) is 0. The van der Waals surface area contributed by atoms with Gasteiger partial charge in [0.25, 0.3) is 0 Å². The van der Waals surface area contributed by atoms with E-state index in [1.807, 2.05) is 29.6 Å². The van der Waals surface area contributed by atoms with E-state index in [2.05, 4.69) is 24.2 Å². The van der Waals surface area contributed by atoms with Gasteiger partial charge in [-0.2, -0.15) is 9.61 Å². The monoisotopic (exact) mass is 212 g/mol. The minimum Gasteiger partial charge on any atom is -0.444 e. The zero-order valence-electron chi connectivity index (χ0n) is 9.27. The predicted molar refractivity (Wildman–Crippen MR) is 62.4 cm³/mol. The Morgan fingerprint density at radius 2 is 2.00 bits per heavy atom. The number of oxazole rings is 1. The van der Waals surface area contributed by atoms with E-state index >= 15 is 0 Å². The highest BCUT2D eigenvalue weighted by Gasteiger charge is 2.10. The van der Waals surface area contributed by atoms with E-state index in [9.17, 15) is 0 Å². The largest absolute Gasteiger partial charge is 0.444 e. The quantitative estimate of drug-likeness (QED) is 0.620. The normalized spacial score (nSPS) is 11.1. The third-order valence-corrected chi connectivity index (χ3v) is 2.74. The summed E-state index contributed by atoms with van der Waals surface area (Å²) in [6.45, 7) is 4.05. The number of fused-ring (bicyclic) bond motifs is 1. The highest BCUT2D eigenvalue weighted by Crippen LogP contribution is 2.25. The van der Waals surface area contributed by atoms with Gasteiger partial charge in [0.05, 0.1) is 5.69 Å². The maximum absolute atomic E-state index is 5.48. The molecule has 0 fully saturated rings. The van der Waals surface area contributed by atoms with E-state index in [4.69, 9.17) is 4.42 Å². The molecule has 0 aliphatic heterocycles. The summed E-state index contributed by atoms with van der Waals surface area (Å²) in [4.78, 5) is 0. The molecule has 2 heterocycles. The Bertz CT molecular complexity index is 649. The number of nitrogens with zero attached hydrogens (tertiary/aromatic N) is 2. The van der Waals surface area contributed by atoms with Crippen molar-refractivity contribution in [3.05, 3.63) is 47.9 Å². The number of hydrogen-bond acceptors (Lipinski definition) is 2. The van der Waals surface area contributed by atoms with Crippen LogP contribution in [0.3, 0.4) is 0 Å². The van der Waals surface area contributed by atoms with Crippen LogP contribution in [0.2, 0.25) is 0 Å². The Morgan fingerprint density at radius 1 is 1.19 bits per heavy atom. The van der Waals surface area contributed by atoms with Crippen LogP contribution >= 0.6 is 0 Å². The first kappa shape index (κ1) is 9.21. The first-order valence-electron chi connectivity index (χ1n) is 5.25. The standard InChI is InChI=1S/C13H12N2O/c1-9-5-3-4-6-11(9)12-8-16-13-7-10(2)14-15(12)13/h3-8H,1-2H3. The molecule has 3 nitrogen and oxygen atoms in total. The molecular formula is C13H12N2O. The fourth-order valence-electron chi connectivity index (χ4n) is 1.94. The van der Waals surface area contributed by atoms with Crippen LogP contribution in [0.1, 0.15) is 11.3 Å². The molecule has 0 aliphatic carbocycles. The van der Waals surface area contributed by atoms with Gasteiger partial charge >= 0.3 is 0 Å². The zero-order valence-corrected chi connectivity index (χ0v) is 9.27. The summed E-state index contributed by atoms with van der Waals surface area (Å²) >= 11 is 0. The molecule has 3 heteroatoms. The summed E-state index contributed by atoms with van der Waals surface area (Å²) < 4.78 is 7.32. The summed E-state index contributed by atoms with van der Waals surface area (Å²) in [5.41, 5.74) is 5.13. The fraction of sp³-hybridized carbons (Fsp3) is 0.154. The molecule has 0 spiro atoms. The molecule has 0 atom stereocenters. The molecule has 0 radical (unpaired) electrons. The molecule has 0 saturated carbocycles. The molecule has 2 aromatic heterocycles. The van der Waals surface area contributed by atoms with Gasteiger partial charge < -0.3 is 4.42 Å². The van der Waals surface area contributed by atoms with Gasteiger partial charge in [-0.1, -0.05) is 24.3 Å². The molecule has 3 rings (SSSR count). The van der Waals surface area contributed by atoms with Crippen molar-refractivity contribution in [2.45, 2.75) is 13.8 Å². The first-order chi connectivity index (χ1) is 7.75. The topological polar surface area (TPSA) is 30.4 Å². The van der Waals surface area contributed by atoms with Gasteiger partial charge in [0.1, 0.15) is 12.0 Å². The van der Waals surface area contributed by atoms with Gasteiger partial charge in [-0.3, -0.25) is 0 Å². The zero-order chi connectivity index (χ0) is 11.1. The van der Waals surface area contributed by atoms with Crippen LogP contribution in [-0.2, 0) is 0 Å². The van der Waals surface area contributed by atoms with E-state index in [0.717, 1.165) is 22.7 Å². The van der Waals surface area contributed by atoms with Gasteiger partial charge in [0.2, 0.25) is 5.71 Å². The highest BCUT2D eigenvalue weighted by atomic mass is 16.3. The highest BCUT2D eigenvalue weighted by molar-refractivity contribution is 5.65. The number of benzene rings is 1. The summed E-state index contributed by atoms with van der Waals surface area (Å²) in [5, 5.41) is 4.41. The van der Waals surface area contributed by atoms with Crippen molar-refractivity contribution in [1.29, 1.82) is 0 Å². The molecule has 0 amide bonds. The van der Waals surface area contributed by atoms with E-state index in [1.165, 1.54) is 5.56 Å². The van der Waals surface area contributed by atoms with Crippen molar-refractivity contribution in [3.63, 3.8) is 0 Å². The molecule has 16 heavy (non-hydrogen) atoms. The Balaban J connectivity index is 2.30. The van der Waals surface area contributed by atoms with Crippen LogP contribution < -0.4 is 0 Å². The summed E-state index contributed by atoms with van der Waals surface area (Å²) in [7, 11) is 0. The van der Waals surface area contributed by atoms with Crippen molar-refractivity contribution < 1.29 is 4.42 Å². The molecule has 0 aliphatic rings. The minimum atomic E-state index is 0.788. The Labute approximate surface area is 93.3 Å². The Morgan fingerprint density at radius 3 is 2.81 bits per heavy atom. The molecule has 80 valence electrons. The second kappa shape index (κ2) is 3.23. The lowest BCUT2D eigenvalue weighted by atomic mass is 10.1. The Kier molecular flexibility index (Phi) is 1.86. The van der Waals surface area contributed by atoms with Crippen molar-refractivity contribution in [2.75, 3.05) is 0 Å². The van der Waals surface area contributed by atoms with E-state index in [1.54, 1.807) is 6.26 Å². The summed E-state index contributed by atoms with van der Waals surface area (Å²) in [6, 6.07) is 10.2. The molecule has 3 aromatic rings. The smallest absolute Gasteiger partial charge is 0.222 e. The molecule has 0 unspecified atom stereocenters. The molecule has 0 N–H and O–H groups in total. The lowest BCUT2D eigenvalue weighted by Gasteiger charge is -2.01. The minimum absolute atomic E-state index is 0.788. The lowest BCUT2D eigenvalue weighted by Crippen LogP contribution is -1.90. The van der Waals surface area contributed by atoms with E-state index in [-0.39, 0.29) is 0 Å². The second-order valence-corrected chi connectivity index (χ2v) is 3.97. The van der Waals surface area contributed by atoms with Crippen molar-refractivity contribution in [2.24, 2.45) is 0 Å². The van der Waals surface area contributed by atoms with Crippen LogP contribution in [-0.4, -0.2) is 9.61 Å². The maximum Gasteiger partial charge on any atom is 0.222 e. The molecule has 1 aromatic carbocycles. The third kappa shape index (κ3) is 1.25. The molecular weight excluding hydrogens is 200 g/mol. The summed E-state index contributed by atoms with van der Waals surface area (Å²) in [6.07, 6.45) is 1.75. The van der Waals surface area contributed by atoms with Crippen molar-refractivity contribution in [1.82, 2.24) is 9.61 Å². The van der Waals surface area contributed by atoms with Crippen LogP contribution in [0.15, 0.2) is 41.0 Å². The SMILES string of the molecule is Cc1cc2occ(-c3ccccc3C)n2n1. The third-order valence-electron chi connectivity index (χ3n) is 2.74. The predicted octanol–water partition coefficient (Wildman–Crippen LogP) is 3.21.